The number of anilines is 1. The van der Waals surface area contributed by atoms with Crippen molar-refractivity contribution in [3.8, 4) is 5.75 Å². The van der Waals surface area contributed by atoms with Crippen LogP contribution >= 0.6 is 0 Å². The van der Waals surface area contributed by atoms with Crippen molar-refractivity contribution in [1.82, 2.24) is 0 Å². The number of esters is 1. The van der Waals surface area contributed by atoms with E-state index in [2.05, 4.69) is 0 Å². The van der Waals surface area contributed by atoms with Crippen LogP contribution in [0.25, 0.3) is 0 Å². The minimum Gasteiger partial charge on any atom is -0.478 e. The molecule has 0 aliphatic heterocycles. The summed E-state index contributed by atoms with van der Waals surface area (Å²) in [4.78, 5) is 11.8. The average Bonchev–Trinajstić information content (AvgIpc) is 2.35. The van der Waals surface area contributed by atoms with Gasteiger partial charge in [0.1, 0.15) is 5.75 Å². The Kier molecular flexibility index (Phi) is 5.67. The maximum absolute atomic E-state index is 11.8. The maximum atomic E-state index is 11.8. The number of ether oxygens (including phenoxy) is 2. The summed E-state index contributed by atoms with van der Waals surface area (Å²) >= 11 is 0. The molecule has 106 valence electrons. The van der Waals surface area contributed by atoms with Gasteiger partial charge >= 0.3 is 5.97 Å². The quantitative estimate of drug-likeness (QED) is 0.634. The lowest BCUT2D eigenvalue weighted by Crippen LogP contribution is -2.29. The van der Waals surface area contributed by atoms with Crippen molar-refractivity contribution in [2.45, 2.75) is 46.6 Å². The van der Waals surface area contributed by atoms with Gasteiger partial charge < -0.3 is 15.2 Å². The van der Waals surface area contributed by atoms with Gasteiger partial charge in [-0.15, -0.1) is 0 Å². The molecule has 0 spiro atoms. The molecule has 1 atom stereocenters. The first-order valence-electron chi connectivity index (χ1n) is 6.69. The normalized spacial score (nSPS) is 12.0. The van der Waals surface area contributed by atoms with E-state index in [-0.39, 0.29) is 5.97 Å². The van der Waals surface area contributed by atoms with E-state index >= 15 is 0 Å². The van der Waals surface area contributed by atoms with Gasteiger partial charge in [-0.1, -0.05) is 19.4 Å². The van der Waals surface area contributed by atoms with Gasteiger partial charge in [-0.05, 0) is 38.3 Å². The van der Waals surface area contributed by atoms with Crippen molar-refractivity contribution in [3.05, 3.63) is 23.3 Å². The summed E-state index contributed by atoms with van der Waals surface area (Å²) in [7, 11) is 0. The van der Waals surface area contributed by atoms with Crippen LogP contribution in [0.4, 0.5) is 5.69 Å². The lowest BCUT2D eigenvalue weighted by Gasteiger charge is -2.19. The number of benzene rings is 1. The molecule has 0 bridgehead atoms. The van der Waals surface area contributed by atoms with Crippen molar-refractivity contribution < 1.29 is 14.3 Å². The second-order valence-electron chi connectivity index (χ2n) is 4.62. The van der Waals surface area contributed by atoms with E-state index in [1.165, 1.54) is 0 Å². The van der Waals surface area contributed by atoms with Gasteiger partial charge in [-0.2, -0.15) is 0 Å². The molecular weight excluding hydrogens is 242 g/mol. The Labute approximate surface area is 114 Å². The molecule has 0 radical (unpaired) electrons. The Hall–Kier alpha value is -1.71. The lowest BCUT2D eigenvalue weighted by molar-refractivity contribution is -0.151. The summed E-state index contributed by atoms with van der Waals surface area (Å²) in [6.45, 7) is 8.04. The largest absolute Gasteiger partial charge is 0.478 e. The molecule has 0 aromatic heterocycles. The van der Waals surface area contributed by atoms with Crippen LogP contribution in [0.3, 0.4) is 0 Å². The van der Waals surface area contributed by atoms with E-state index in [9.17, 15) is 4.79 Å². The van der Waals surface area contributed by atoms with Crippen LogP contribution in [-0.2, 0) is 9.53 Å². The third kappa shape index (κ3) is 4.16. The number of carbonyl (C=O) groups excluding carboxylic acids is 1. The predicted molar refractivity (Wildman–Crippen MR) is 76.3 cm³/mol. The molecule has 4 nitrogen and oxygen atoms in total. The highest BCUT2D eigenvalue weighted by Gasteiger charge is 2.21. The standard InChI is InChI=1S/C15H23NO3/c1-5-7-13(15(17)18-6-2)19-14-9-12(16)10(3)8-11(14)4/h8-9,13H,5-7,16H2,1-4H3. The van der Waals surface area contributed by atoms with Gasteiger partial charge in [-0.25, -0.2) is 4.79 Å². The fraction of sp³-hybridized carbons (Fsp3) is 0.533. The Balaban J connectivity index is 2.90. The molecule has 1 aromatic rings. The molecule has 0 aliphatic rings. The Morgan fingerprint density at radius 1 is 1.26 bits per heavy atom. The van der Waals surface area contributed by atoms with Gasteiger partial charge in [0.15, 0.2) is 6.10 Å². The number of aryl methyl sites for hydroxylation is 2. The van der Waals surface area contributed by atoms with Gasteiger partial charge in [0.05, 0.1) is 6.61 Å². The number of nitrogens with two attached hydrogens (primary N) is 1. The zero-order valence-corrected chi connectivity index (χ0v) is 12.2. The Morgan fingerprint density at radius 3 is 2.53 bits per heavy atom. The molecule has 1 rings (SSSR count). The van der Waals surface area contributed by atoms with Gasteiger partial charge in [0, 0.05) is 11.8 Å². The summed E-state index contributed by atoms with van der Waals surface area (Å²) in [6.07, 6.45) is 0.918. The highest BCUT2D eigenvalue weighted by Crippen LogP contribution is 2.26. The van der Waals surface area contributed by atoms with Crippen LogP contribution < -0.4 is 10.5 Å². The molecule has 19 heavy (non-hydrogen) atoms. The number of nitrogen functional groups attached to an aromatic ring is 1. The van der Waals surface area contributed by atoms with E-state index in [1.54, 1.807) is 13.0 Å². The summed E-state index contributed by atoms with van der Waals surface area (Å²) < 4.78 is 10.8. The molecule has 0 amide bonds. The van der Waals surface area contributed by atoms with Crippen LogP contribution in [0.15, 0.2) is 12.1 Å². The first-order chi connectivity index (χ1) is 8.99. The molecule has 2 N–H and O–H groups in total. The number of hydrogen-bond donors (Lipinski definition) is 1. The van der Waals surface area contributed by atoms with E-state index < -0.39 is 6.10 Å². The second-order valence-corrected chi connectivity index (χ2v) is 4.62. The molecule has 1 unspecified atom stereocenters. The van der Waals surface area contributed by atoms with E-state index in [1.807, 2.05) is 26.8 Å². The first-order valence-corrected chi connectivity index (χ1v) is 6.69. The number of rotatable bonds is 6. The molecule has 0 saturated heterocycles. The molecule has 0 heterocycles. The van der Waals surface area contributed by atoms with Crippen LogP contribution in [-0.4, -0.2) is 18.7 Å². The fourth-order valence-electron chi connectivity index (χ4n) is 1.85. The SMILES string of the molecule is CCCC(Oc1cc(N)c(C)cc1C)C(=O)OCC. The molecule has 0 aliphatic carbocycles. The van der Waals surface area contributed by atoms with E-state index in [0.29, 0.717) is 24.5 Å². The van der Waals surface area contributed by atoms with Crippen molar-refractivity contribution >= 4 is 11.7 Å². The van der Waals surface area contributed by atoms with Crippen molar-refractivity contribution in [3.63, 3.8) is 0 Å². The highest BCUT2D eigenvalue weighted by molar-refractivity contribution is 5.75. The van der Waals surface area contributed by atoms with Crippen molar-refractivity contribution in [2.24, 2.45) is 0 Å². The summed E-state index contributed by atoms with van der Waals surface area (Å²) in [5.74, 6) is 0.331. The lowest BCUT2D eigenvalue weighted by atomic mass is 10.1. The molecule has 4 heteroatoms. The monoisotopic (exact) mass is 265 g/mol. The third-order valence-electron chi connectivity index (χ3n) is 2.93. The van der Waals surface area contributed by atoms with E-state index in [4.69, 9.17) is 15.2 Å². The van der Waals surface area contributed by atoms with Gasteiger partial charge in [-0.3, -0.25) is 0 Å². The van der Waals surface area contributed by atoms with E-state index in [0.717, 1.165) is 17.5 Å². The van der Waals surface area contributed by atoms with Crippen LogP contribution in [0.1, 0.15) is 37.8 Å². The fourth-order valence-corrected chi connectivity index (χ4v) is 1.85. The summed E-state index contributed by atoms with van der Waals surface area (Å²) in [5.41, 5.74) is 8.52. The first kappa shape index (κ1) is 15.3. The van der Waals surface area contributed by atoms with Crippen molar-refractivity contribution in [1.29, 1.82) is 0 Å². The number of carbonyl (C=O) groups is 1. The van der Waals surface area contributed by atoms with Crippen molar-refractivity contribution in [2.75, 3.05) is 12.3 Å². The maximum Gasteiger partial charge on any atom is 0.347 e. The third-order valence-corrected chi connectivity index (χ3v) is 2.93. The Bertz CT molecular complexity index is 443. The average molecular weight is 265 g/mol. The minimum absolute atomic E-state index is 0.317. The zero-order chi connectivity index (χ0) is 14.4. The molecule has 0 saturated carbocycles. The van der Waals surface area contributed by atoms with Crippen LogP contribution in [0.5, 0.6) is 5.75 Å². The minimum atomic E-state index is -0.564. The Morgan fingerprint density at radius 2 is 1.95 bits per heavy atom. The summed E-state index contributed by atoms with van der Waals surface area (Å²) in [6, 6.07) is 3.73. The molecule has 0 fully saturated rings. The molecule has 1 aromatic carbocycles. The van der Waals surface area contributed by atoms with Crippen LogP contribution in [0, 0.1) is 13.8 Å². The topological polar surface area (TPSA) is 61.5 Å². The summed E-state index contributed by atoms with van der Waals surface area (Å²) in [5, 5.41) is 0. The predicted octanol–water partition coefficient (Wildman–Crippen LogP) is 3.00. The highest BCUT2D eigenvalue weighted by atomic mass is 16.6. The smallest absolute Gasteiger partial charge is 0.347 e. The van der Waals surface area contributed by atoms with Gasteiger partial charge in [0.2, 0.25) is 0 Å². The van der Waals surface area contributed by atoms with Gasteiger partial charge in [0.25, 0.3) is 0 Å². The zero-order valence-electron chi connectivity index (χ0n) is 12.2. The molecular formula is C15H23NO3. The number of hydrogen-bond acceptors (Lipinski definition) is 4. The second kappa shape index (κ2) is 7.02. The van der Waals surface area contributed by atoms with Crippen LogP contribution in [0.2, 0.25) is 0 Å².